The van der Waals surface area contributed by atoms with Crippen molar-refractivity contribution in [2.45, 2.75) is 19.3 Å². The highest BCUT2D eigenvalue weighted by molar-refractivity contribution is 5.77. The summed E-state index contributed by atoms with van der Waals surface area (Å²) in [5.74, 6) is 0.466. The molecule has 3 heteroatoms. The molecule has 0 heterocycles. The van der Waals surface area contributed by atoms with Crippen molar-refractivity contribution in [3.63, 3.8) is 0 Å². The van der Waals surface area contributed by atoms with Gasteiger partial charge >= 0.3 is 0 Å². The molecule has 1 aromatic rings. The van der Waals surface area contributed by atoms with Crippen LogP contribution < -0.4 is 5.32 Å². The third-order valence-corrected chi connectivity index (χ3v) is 2.94. The molecule has 0 aromatic heterocycles. The molecule has 0 aliphatic heterocycles. The van der Waals surface area contributed by atoms with E-state index in [-0.39, 0.29) is 12.5 Å². The standard InChI is InChI=1S/C13H17NO2/c1-2-16-9-13(15)14-8-11-7-10-5-3-4-6-12(10)11/h3-6,11H,2,7-9H2,1H3,(H,14,15). The van der Waals surface area contributed by atoms with E-state index in [2.05, 4.69) is 23.5 Å². The van der Waals surface area contributed by atoms with Gasteiger partial charge in [0.05, 0.1) is 0 Å². The normalized spacial score (nSPS) is 17.4. The van der Waals surface area contributed by atoms with Crippen LogP contribution >= 0.6 is 0 Å². The van der Waals surface area contributed by atoms with Crippen LogP contribution in [0.15, 0.2) is 24.3 Å². The van der Waals surface area contributed by atoms with Gasteiger partial charge < -0.3 is 10.1 Å². The zero-order chi connectivity index (χ0) is 11.4. The predicted octanol–water partition coefficient (Wildman–Crippen LogP) is 1.48. The summed E-state index contributed by atoms with van der Waals surface area (Å²) in [4.78, 5) is 11.3. The summed E-state index contributed by atoms with van der Waals surface area (Å²) < 4.78 is 5.04. The van der Waals surface area contributed by atoms with Crippen molar-refractivity contribution in [1.29, 1.82) is 0 Å². The highest BCUT2D eigenvalue weighted by Crippen LogP contribution is 2.33. The fourth-order valence-corrected chi connectivity index (χ4v) is 2.03. The summed E-state index contributed by atoms with van der Waals surface area (Å²) in [7, 11) is 0. The molecule has 0 saturated carbocycles. The highest BCUT2D eigenvalue weighted by Gasteiger charge is 2.25. The second-order valence-corrected chi connectivity index (χ2v) is 4.04. The Morgan fingerprint density at radius 1 is 1.50 bits per heavy atom. The Hall–Kier alpha value is -1.35. The van der Waals surface area contributed by atoms with E-state index in [0.717, 1.165) is 13.0 Å². The first-order valence-corrected chi connectivity index (χ1v) is 5.73. The summed E-state index contributed by atoms with van der Waals surface area (Å²) in [6.07, 6.45) is 1.07. The van der Waals surface area contributed by atoms with Crippen LogP contribution in [0.3, 0.4) is 0 Å². The monoisotopic (exact) mass is 219 g/mol. The lowest BCUT2D eigenvalue weighted by Gasteiger charge is -2.30. The molecule has 1 atom stereocenters. The average Bonchev–Trinajstić information content (AvgIpc) is 2.27. The second-order valence-electron chi connectivity index (χ2n) is 4.04. The van der Waals surface area contributed by atoms with Gasteiger partial charge in [-0.25, -0.2) is 0 Å². The maximum atomic E-state index is 11.3. The molecule has 0 bridgehead atoms. The topological polar surface area (TPSA) is 38.3 Å². The fraction of sp³-hybridized carbons (Fsp3) is 0.462. The number of nitrogens with one attached hydrogen (secondary N) is 1. The Balaban J connectivity index is 1.75. The van der Waals surface area contributed by atoms with E-state index >= 15 is 0 Å². The van der Waals surface area contributed by atoms with Crippen molar-refractivity contribution in [3.05, 3.63) is 35.4 Å². The molecule has 3 nitrogen and oxygen atoms in total. The summed E-state index contributed by atoms with van der Waals surface area (Å²) in [6.45, 7) is 3.36. The molecular formula is C13H17NO2. The molecule has 2 rings (SSSR count). The smallest absolute Gasteiger partial charge is 0.246 e. The van der Waals surface area contributed by atoms with Gasteiger partial charge in [0.25, 0.3) is 0 Å². The predicted molar refractivity (Wildman–Crippen MR) is 62.4 cm³/mol. The van der Waals surface area contributed by atoms with E-state index in [4.69, 9.17) is 4.74 Å². The van der Waals surface area contributed by atoms with E-state index in [1.807, 2.05) is 13.0 Å². The molecule has 1 aliphatic rings. The molecule has 0 radical (unpaired) electrons. The minimum Gasteiger partial charge on any atom is -0.372 e. The van der Waals surface area contributed by atoms with Crippen LogP contribution in [0, 0.1) is 0 Å². The van der Waals surface area contributed by atoms with E-state index in [0.29, 0.717) is 12.5 Å². The quantitative estimate of drug-likeness (QED) is 0.814. The third-order valence-electron chi connectivity index (χ3n) is 2.94. The Labute approximate surface area is 95.8 Å². The SMILES string of the molecule is CCOCC(=O)NCC1Cc2ccccc21. The number of fused-ring (bicyclic) bond motifs is 1. The molecule has 1 N–H and O–H groups in total. The first-order valence-electron chi connectivity index (χ1n) is 5.73. The van der Waals surface area contributed by atoms with Crippen LogP contribution in [0.25, 0.3) is 0 Å². The lowest BCUT2D eigenvalue weighted by molar-refractivity contribution is -0.125. The number of hydrogen-bond donors (Lipinski definition) is 1. The van der Waals surface area contributed by atoms with Gasteiger partial charge in [0.15, 0.2) is 0 Å². The van der Waals surface area contributed by atoms with E-state index < -0.39 is 0 Å². The lowest BCUT2D eigenvalue weighted by atomic mass is 9.77. The molecule has 0 spiro atoms. The summed E-state index contributed by atoms with van der Waals surface area (Å²) in [5.41, 5.74) is 2.78. The first-order chi connectivity index (χ1) is 7.81. The molecular weight excluding hydrogens is 202 g/mol. The van der Waals surface area contributed by atoms with Gasteiger partial charge in [-0.15, -0.1) is 0 Å². The molecule has 1 unspecified atom stereocenters. The Morgan fingerprint density at radius 2 is 2.31 bits per heavy atom. The van der Waals surface area contributed by atoms with Crippen LogP contribution in [-0.4, -0.2) is 25.7 Å². The van der Waals surface area contributed by atoms with Crippen molar-refractivity contribution < 1.29 is 9.53 Å². The van der Waals surface area contributed by atoms with Crippen molar-refractivity contribution >= 4 is 5.91 Å². The highest BCUT2D eigenvalue weighted by atomic mass is 16.5. The fourth-order valence-electron chi connectivity index (χ4n) is 2.03. The maximum absolute atomic E-state index is 11.3. The number of benzene rings is 1. The first kappa shape index (κ1) is 11.1. The van der Waals surface area contributed by atoms with Crippen molar-refractivity contribution in [1.82, 2.24) is 5.32 Å². The van der Waals surface area contributed by atoms with Crippen molar-refractivity contribution in [2.75, 3.05) is 19.8 Å². The minimum atomic E-state index is -0.0220. The van der Waals surface area contributed by atoms with Gasteiger partial charge in [-0.2, -0.15) is 0 Å². The minimum absolute atomic E-state index is 0.0220. The molecule has 16 heavy (non-hydrogen) atoms. The summed E-state index contributed by atoms with van der Waals surface area (Å²) in [6, 6.07) is 8.39. The molecule has 1 aromatic carbocycles. The average molecular weight is 219 g/mol. The molecule has 1 amide bonds. The second kappa shape index (κ2) is 5.12. The Kier molecular flexibility index (Phi) is 3.57. The molecule has 0 fully saturated rings. The van der Waals surface area contributed by atoms with Crippen LogP contribution in [0.5, 0.6) is 0 Å². The molecule has 0 saturated heterocycles. The largest absolute Gasteiger partial charge is 0.372 e. The lowest BCUT2D eigenvalue weighted by Crippen LogP contribution is -2.35. The zero-order valence-corrected chi connectivity index (χ0v) is 9.53. The van der Waals surface area contributed by atoms with E-state index in [1.54, 1.807) is 0 Å². The maximum Gasteiger partial charge on any atom is 0.246 e. The van der Waals surface area contributed by atoms with E-state index in [9.17, 15) is 4.79 Å². The number of amides is 1. The van der Waals surface area contributed by atoms with E-state index in [1.165, 1.54) is 11.1 Å². The van der Waals surface area contributed by atoms with Crippen LogP contribution in [0.1, 0.15) is 24.0 Å². The van der Waals surface area contributed by atoms with Gasteiger partial charge in [0.2, 0.25) is 5.91 Å². The van der Waals surface area contributed by atoms with Gasteiger partial charge in [0.1, 0.15) is 6.61 Å². The number of rotatable bonds is 5. The molecule has 86 valence electrons. The Morgan fingerprint density at radius 3 is 3.06 bits per heavy atom. The molecule has 1 aliphatic carbocycles. The van der Waals surface area contributed by atoms with Crippen molar-refractivity contribution in [2.24, 2.45) is 0 Å². The number of carbonyl (C=O) groups is 1. The van der Waals surface area contributed by atoms with Gasteiger partial charge in [-0.05, 0) is 24.5 Å². The summed E-state index contributed by atoms with van der Waals surface area (Å²) in [5, 5.41) is 2.90. The van der Waals surface area contributed by atoms with Crippen LogP contribution in [-0.2, 0) is 16.0 Å². The van der Waals surface area contributed by atoms with Crippen LogP contribution in [0.2, 0.25) is 0 Å². The van der Waals surface area contributed by atoms with Crippen molar-refractivity contribution in [3.8, 4) is 0 Å². The number of carbonyl (C=O) groups excluding carboxylic acids is 1. The third kappa shape index (κ3) is 2.42. The Bertz CT molecular complexity index is 376. The van der Waals surface area contributed by atoms with Gasteiger partial charge in [-0.1, -0.05) is 24.3 Å². The van der Waals surface area contributed by atoms with Gasteiger partial charge in [-0.3, -0.25) is 4.79 Å². The number of ether oxygens (including phenoxy) is 1. The van der Waals surface area contributed by atoms with Gasteiger partial charge in [0, 0.05) is 19.1 Å². The summed E-state index contributed by atoms with van der Waals surface area (Å²) >= 11 is 0. The zero-order valence-electron chi connectivity index (χ0n) is 9.53. The number of hydrogen-bond acceptors (Lipinski definition) is 2. The van der Waals surface area contributed by atoms with Crippen LogP contribution in [0.4, 0.5) is 0 Å².